The lowest BCUT2D eigenvalue weighted by atomic mass is 10.4. The molecule has 1 aromatic rings. The normalized spacial score (nSPS) is 9.73. The zero-order valence-electron chi connectivity index (χ0n) is 6.39. The molecule has 1 rings (SSSR count). The van der Waals surface area contributed by atoms with Crippen molar-refractivity contribution in [3.05, 3.63) is 27.5 Å². The lowest BCUT2D eigenvalue weighted by Crippen LogP contribution is -2.13. The maximum Gasteiger partial charge on any atom is 0.185 e. The third-order valence-electron chi connectivity index (χ3n) is 1.28. The summed E-state index contributed by atoms with van der Waals surface area (Å²) in [6, 6.07) is 2.83. The average molecular weight is 173 g/mol. The van der Waals surface area contributed by atoms with E-state index in [2.05, 4.69) is 4.98 Å². The smallest absolute Gasteiger partial charge is 0.185 e. The Hall–Kier alpha value is -0.960. The van der Waals surface area contributed by atoms with E-state index in [1.165, 1.54) is 12.1 Å². The van der Waals surface area contributed by atoms with Crippen molar-refractivity contribution in [3.63, 3.8) is 0 Å². The number of hydrogen-bond donors (Lipinski definition) is 1. The van der Waals surface area contributed by atoms with Gasteiger partial charge in [-0.15, -0.1) is 0 Å². The van der Waals surface area contributed by atoms with Gasteiger partial charge in [0.1, 0.15) is 11.0 Å². The molecule has 0 aliphatic rings. The van der Waals surface area contributed by atoms with Crippen LogP contribution in [0.3, 0.4) is 0 Å². The predicted octanol–water partition coefficient (Wildman–Crippen LogP) is 1.09. The second-order valence-electron chi connectivity index (χ2n) is 2.44. The van der Waals surface area contributed by atoms with Gasteiger partial charge in [-0.2, -0.15) is 0 Å². The number of halogens is 1. The van der Waals surface area contributed by atoms with Gasteiger partial charge in [0.2, 0.25) is 0 Å². The Morgan fingerprint density at radius 1 is 1.45 bits per heavy atom. The van der Waals surface area contributed by atoms with Crippen LogP contribution >= 0.6 is 11.6 Å². The number of hydrogen-bond acceptors (Lipinski definition) is 2. The number of anilines is 1. The van der Waals surface area contributed by atoms with Crippen molar-refractivity contribution in [2.45, 2.75) is 0 Å². The number of nitrogens with zero attached hydrogens (tertiary/aromatic N) is 1. The fraction of sp³-hybridized carbons (Fsp3) is 0.286. The summed E-state index contributed by atoms with van der Waals surface area (Å²) in [5, 5.41) is 0.362. The molecule has 0 aromatic carbocycles. The summed E-state index contributed by atoms with van der Waals surface area (Å²) < 4.78 is 0. The molecule has 0 aliphatic carbocycles. The van der Waals surface area contributed by atoms with Crippen LogP contribution in [0.1, 0.15) is 0 Å². The maximum absolute atomic E-state index is 10.9. The van der Waals surface area contributed by atoms with Crippen LogP contribution in [0, 0.1) is 0 Å². The van der Waals surface area contributed by atoms with E-state index in [0.29, 0.717) is 11.0 Å². The lowest BCUT2D eigenvalue weighted by molar-refractivity contribution is 1.06. The standard InChI is InChI=1S/C7H9ClN2O/c1-10(2)7-4-5(11)3-6(8)9-7/h3-4H,1-2H3,(H,9,11). The first kappa shape index (κ1) is 8.14. The zero-order chi connectivity index (χ0) is 8.43. The van der Waals surface area contributed by atoms with Crippen LogP contribution in [0.15, 0.2) is 16.9 Å². The van der Waals surface area contributed by atoms with Gasteiger partial charge in [0, 0.05) is 26.2 Å². The van der Waals surface area contributed by atoms with Gasteiger partial charge in [-0.05, 0) is 0 Å². The van der Waals surface area contributed by atoms with Gasteiger partial charge in [-0.1, -0.05) is 11.6 Å². The van der Waals surface area contributed by atoms with E-state index < -0.39 is 0 Å². The molecule has 3 nitrogen and oxygen atoms in total. The number of aromatic nitrogens is 1. The highest BCUT2D eigenvalue weighted by Gasteiger charge is 1.97. The van der Waals surface area contributed by atoms with Gasteiger partial charge < -0.3 is 9.88 Å². The summed E-state index contributed by atoms with van der Waals surface area (Å²) in [5.41, 5.74) is -0.0857. The first-order valence-corrected chi connectivity index (χ1v) is 3.54. The first-order chi connectivity index (χ1) is 5.09. The largest absolute Gasteiger partial charge is 0.364 e. The monoisotopic (exact) mass is 172 g/mol. The van der Waals surface area contributed by atoms with Crippen LogP contribution in [0.25, 0.3) is 0 Å². The van der Waals surface area contributed by atoms with Crippen molar-refractivity contribution in [1.29, 1.82) is 0 Å². The number of rotatable bonds is 1. The Morgan fingerprint density at radius 2 is 2.09 bits per heavy atom. The molecule has 1 N–H and O–H groups in total. The van der Waals surface area contributed by atoms with Gasteiger partial charge in [-0.3, -0.25) is 4.79 Å². The first-order valence-electron chi connectivity index (χ1n) is 3.17. The molecule has 0 saturated carbocycles. The fourth-order valence-corrected chi connectivity index (χ4v) is 0.941. The summed E-state index contributed by atoms with van der Waals surface area (Å²) in [7, 11) is 3.67. The van der Waals surface area contributed by atoms with Gasteiger partial charge in [0.25, 0.3) is 0 Å². The Bertz CT molecular complexity index is 306. The van der Waals surface area contributed by atoms with Gasteiger partial charge in [-0.25, -0.2) is 0 Å². The average Bonchev–Trinajstić information content (AvgIpc) is 1.85. The van der Waals surface area contributed by atoms with E-state index in [-0.39, 0.29) is 5.43 Å². The van der Waals surface area contributed by atoms with E-state index in [1.54, 1.807) is 4.90 Å². The molecule has 0 bridgehead atoms. The minimum atomic E-state index is -0.0857. The molecule has 0 spiro atoms. The second kappa shape index (κ2) is 2.96. The molecule has 0 fully saturated rings. The molecule has 11 heavy (non-hydrogen) atoms. The highest BCUT2D eigenvalue weighted by Crippen LogP contribution is 2.07. The van der Waals surface area contributed by atoms with Crippen molar-refractivity contribution < 1.29 is 0 Å². The van der Waals surface area contributed by atoms with E-state index in [4.69, 9.17) is 11.6 Å². The van der Waals surface area contributed by atoms with Crippen LogP contribution in [-0.4, -0.2) is 19.1 Å². The lowest BCUT2D eigenvalue weighted by Gasteiger charge is -2.11. The molecule has 0 radical (unpaired) electrons. The fourth-order valence-electron chi connectivity index (χ4n) is 0.737. The zero-order valence-corrected chi connectivity index (χ0v) is 7.14. The van der Waals surface area contributed by atoms with Crippen molar-refractivity contribution >= 4 is 17.4 Å². The van der Waals surface area contributed by atoms with Crippen molar-refractivity contribution in [1.82, 2.24) is 4.98 Å². The highest BCUT2D eigenvalue weighted by molar-refractivity contribution is 6.29. The third-order valence-corrected chi connectivity index (χ3v) is 1.48. The van der Waals surface area contributed by atoms with Crippen molar-refractivity contribution in [2.24, 2.45) is 0 Å². The molecule has 0 unspecified atom stereocenters. The van der Waals surface area contributed by atoms with E-state index >= 15 is 0 Å². The Kier molecular flexibility index (Phi) is 2.19. The Morgan fingerprint density at radius 3 is 2.55 bits per heavy atom. The number of nitrogens with one attached hydrogen (secondary N) is 1. The summed E-state index contributed by atoms with van der Waals surface area (Å²) in [4.78, 5) is 15.5. The molecule has 0 atom stereocenters. The van der Waals surface area contributed by atoms with Crippen molar-refractivity contribution in [2.75, 3.05) is 19.0 Å². The molecule has 0 saturated heterocycles. The third kappa shape index (κ3) is 1.98. The summed E-state index contributed by atoms with van der Waals surface area (Å²) in [6.07, 6.45) is 0. The molecule has 0 aliphatic heterocycles. The summed E-state index contributed by atoms with van der Waals surface area (Å²) >= 11 is 5.61. The second-order valence-corrected chi connectivity index (χ2v) is 2.85. The van der Waals surface area contributed by atoms with Crippen LogP contribution in [0.5, 0.6) is 0 Å². The Balaban J connectivity index is 3.19. The van der Waals surface area contributed by atoms with Crippen LogP contribution in [-0.2, 0) is 0 Å². The predicted molar refractivity (Wildman–Crippen MR) is 46.4 cm³/mol. The van der Waals surface area contributed by atoms with Crippen LogP contribution < -0.4 is 10.3 Å². The molecule has 1 heterocycles. The van der Waals surface area contributed by atoms with E-state index in [1.807, 2.05) is 14.1 Å². The van der Waals surface area contributed by atoms with Crippen LogP contribution in [0.2, 0.25) is 5.15 Å². The quantitative estimate of drug-likeness (QED) is 0.644. The molecule has 60 valence electrons. The maximum atomic E-state index is 10.9. The van der Waals surface area contributed by atoms with Gasteiger partial charge in [0.05, 0.1) is 0 Å². The topological polar surface area (TPSA) is 36.1 Å². The number of pyridine rings is 1. The number of H-pyrrole nitrogens is 1. The molecular formula is C7H9ClN2O. The summed E-state index contributed by atoms with van der Waals surface area (Å²) in [6.45, 7) is 0. The van der Waals surface area contributed by atoms with E-state index in [9.17, 15) is 4.79 Å². The molecule has 4 heteroatoms. The van der Waals surface area contributed by atoms with Crippen LogP contribution in [0.4, 0.5) is 5.82 Å². The minimum Gasteiger partial charge on any atom is -0.364 e. The number of aromatic amines is 1. The molecule has 0 amide bonds. The molecule has 1 aromatic heterocycles. The Labute approximate surface area is 69.6 Å². The minimum absolute atomic E-state index is 0.0857. The van der Waals surface area contributed by atoms with Crippen molar-refractivity contribution in [3.8, 4) is 0 Å². The van der Waals surface area contributed by atoms with E-state index in [0.717, 1.165) is 0 Å². The highest BCUT2D eigenvalue weighted by atomic mass is 35.5. The molecular weight excluding hydrogens is 164 g/mol. The SMILES string of the molecule is CN(C)c1cc(=O)cc(Cl)[nH]1. The van der Waals surface area contributed by atoms with Gasteiger partial charge in [0.15, 0.2) is 5.43 Å². The van der Waals surface area contributed by atoms with Gasteiger partial charge >= 0.3 is 0 Å². The summed E-state index contributed by atoms with van der Waals surface area (Å²) in [5.74, 6) is 0.711.